The maximum Gasteiger partial charge on any atom is 0.285 e. The summed E-state index contributed by atoms with van der Waals surface area (Å²) < 4.78 is 32.9. The Hall–Kier alpha value is -5.00. The highest BCUT2D eigenvalue weighted by Gasteiger charge is 2.51. The van der Waals surface area contributed by atoms with Crippen LogP contribution in [0.1, 0.15) is 43.0 Å². The molecule has 1 fully saturated rings. The molecule has 0 radical (unpaired) electrons. The number of carbonyl (C=O) groups excluding carboxylic acids is 2. The van der Waals surface area contributed by atoms with Crippen molar-refractivity contribution in [2.75, 3.05) is 6.61 Å². The minimum atomic E-state index is -1.25. The van der Waals surface area contributed by atoms with Crippen molar-refractivity contribution in [2.45, 2.75) is 57.1 Å². The molecule has 7 rings (SSSR count). The van der Waals surface area contributed by atoms with Crippen LogP contribution < -0.4 is 0 Å². The number of imide groups is 1. The van der Waals surface area contributed by atoms with Crippen LogP contribution in [0.3, 0.4) is 0 Å². The van der Waals surface area contributed by atoms with Crippen LogP contribution >= 0.6 is 0 Å². The number of nitrogens with zero attached hydrogens (tertiary/aromatic N) is 1. The molecule has 2 aliphatic heterocycles. The molecule has 5 aromatic rings. The molecule has 0 bridgehead atoms. The average molecular weight is 686 g/mol. The van der Waals surface area contributed by atoms with Gasteiger partial charge in [-0.1, -0.05) is 133 Å². The first-order valence-corrected chi connectivity index (χ1v) is 17.0. The first-order chi connectivity index (χ1) is 25.1. The third-order valence-corrected chi connectivity index (χ3v) is 8.81. The van der Waals surface area contributed by atoms with E-state index in [0.717, 1.165) is 27.3 Å². The molecule has 2 aliphatic rings. The van der Waals surface area contributed by atoms with Crippen LogP contribution in [-0.2, 0) is 54.9 Å². The largest absolute Gasteiger partial charge is 0.374 e. The molecule has 5 atom stereocenters. The molecule has 0 aliphatic carbocycles. The van der Waals surface area contributed by atoms with Crippen molar-refractivity contribution in [3.05, 3.63) is 179 Å². The van der Waals surface area contributed by atoms with E-state index in [0.29, 0.717) is 6.61 Å². The van der Waals surface area contributed by atoms with Crippen LogP contribution in [0, 0.1) is 0 Å². The smallest absolute Gasteiger partial charge is 0.285 e. The predicted molar refractivity (Wildman–Crippen MR) is 188 cm³/mol. The van der Waals surface area contributed by atoms with E-state index >= 15 is 0 Å². The molecule has 0 N–H and O–H groups in total. The summed E-state index contributed by atoms with van der Waals surface area (Å²) in [6, 6.07) is 45.8. The summed E-state index contributed by atoms with van der Waals surface area (Å²) in [6.07, 6.45) is -4.41. The molecule has 51 heavy (non-hydrogen) atoms. The second kappa shape index (κ2) is 16.8. The molecule has 9 heteroatoms. The van der Waals surface area contributed by atoms with E-state index in [-0.39, 0.29) is 37.6 Å². The molecular formula is C42H39NO8. The van der Waals surface area contributed by atoms with Gasteiger partial charge in [-0.2, -0.15) is 0 Å². The topological polar surface area (TPSA) is 92.8 Å². The zero-order valence-electron chi connectivity index (χ0n) is 28.0. The van der Waals surface area contributed by atoms with Crippen LogP contribution in [-0.4, -0.2) is 54.2 Å². The fourth-order valence-electron chi connectivity index (χ4n) is 6.20. The lowest BCUT2D eigenvalue weighted by atomic mass is 9.98. The van der Waals surface area contributed by atoms with E-state index in [1.807, 2.05) is 121 Å². The summed E-state index contributed by atoms with van der Waals surface area (Å²) in [5.74, 6) is -1.16. The number of carbonyl (C=O) groups is 2. The van der Waals surface area contributed by atoms with Gasteiger partial charge in [0.1, 0.15) is 24.4 Å². The first-order valence-electron chi connectivity index (χ1n) is 17.0. The maximum absolute atomic E-state index is 13.5. The Balaban J connectivity index is 1.22. The fourth-order valence-corrected chi connectivity index (χ4v) is 6.20. The first kappa shape index (κ1) is 34.4. The van der Waals surface area contributed by atoms with Gasteiger partial charge in [-0.3, -0.25) is 9.59 Å². The number of hydrogen-bond donors (Lipinski definition) is 0. The molecule has 0 unspecified atom stereocenters. The normalized spacial score (nSPS) is 21.5. The Labute approximate surface area is 297 Å². The highest BCUT2D eigenvalue weighted by Crippen LogP contribution is 2.34. The summed E-state index contributed by atoms with van der Waals surface area (Å²) in [5, 5.41) is 0.759. The molecule has 0 saturated carbocycles. The van der Waals surface area contributed by atoms with E-state index in [4.69, 9.17) is 28.5 Å². The lowest BCUT2D eigenvalue weighted by Gasteiger charge is -2.46. The number of hydroxylamine groups is 2. The Bertz CT molecular complexity index is 1820. The summed E-state index contributed by atoms with van der Waals surface area (Å²) in [4.78, 5) is 33.2. The summed E-state index contributed by atoms with van der Waals surface area (Å²) in [5.41, 5.74) is 4.33. The van der Waals surface area contributed by atoms with Crippen LogP contribution in [0.4, 0.5) is 0 Å². The zero-order valence-corrected chi connectivity index (χ0v) is 28.0. The molecule has 1 saturated heterocycles. The third-order valence-electron chi connectivity index (χ3n) is 8.81. The number of hydrogen-bond acceptors (Lipinski definition) is 8. The lowest BCUT2D eigenvalue weighted by Crippen LogP contribution is -2.62. The van der Waals surface area contributed by atoms with Crippen LogP contribution in [0.2, 0.25) is 0 Å². The fraction of sp³-hybridized carbons (Fsp3) is 0.238. The molecule has 2 amide bonds. The summed E-state index contributed by atoms with van der Waals surface area (Å²) in [7, 11) is 0. The summed E-state index contributed by atoms with van der Waals surface area (Å²) >= 11 is 0. The van der Waals surface area contributed by atoms with Crippen molar-refractivity contribution in [1.29, 1.82) is 0 Å². The van der Waals surface area contributed by atoms with Gasteiger partial charge in [0.2, 0.25) is 6.29 Å². The van der Waals surface area contributed by atoms with Crippen LogP contribution in [0.5, 0.6) is 0 Å². The summed E-state index contributed by atoms with van der Waals surface area (Å²) in [6.45, 7) is 1.12. The highest BCUT2D eigenvalue weighted by atomic mass is 16.8. The van der Waals surface area contributed by atoms with E-state index in [2.05, 4.69) is 0 Å². The maximum atomic E-state index is 13.5. The molecule has 0 spiro atoms. The number of amides is 2. The molecule has 2 heterocycles. The van der Waals surface area contributed by atoms with Crippen molar-refractivity contribution >= 4 is 11.8 Å². The Kier molecular flexibility index (Phi) is 11.4. The van der Waals surface area contributed by atoms with Gasteiger partial charge in [0.15, 0.2) is 0 Å². The Morgan fingerprint density at radius 3 is 1.33 bits per heavy atom. The Morgan fingerprint density at radius 1 is 0.471 bits per heavy atom. The van der Waals surface area contributed by atoms with Crippen molar-refractivity contribution in [3.8, 4) is 0 Å². The standard InChI is InChI=1S/C42H39NO8/c44-40-34-23-13-14-24-35(34)41(45)43(40)51-42-39(49-28-33-21-11-4-12-22-33)38(48-27-32-19-9-3-10-20-32)37(47-26-31-17-7-2-8-18-31)36(50-42)29-46-25-30-15-5-1-6-16-30/h1-24,36-39,42H,25-29H2/t36-,37-,38+,39+,42-/m1/s1. The SMILES string of the molecule is O=C1c2ccccc2C(=O)N1O[C@H]1O[C@H](COCc2ccccc2)[C@@H](OCc2ccccc2)[C@H](OCc2ccccc2)[C@@H]1OCc1ccccc1. The van der Waals surface area contributed by atoms with E-state index in [1.54, 1.807) is 24.3 Å². The second-order valence-corrected chi connectivity index (χ2v) is 12.4. The van der Waals surface area contributed by atoms with Crippen LogP contribution in [0.15, 0.2) is 146 Å². The third kappa shape index (κ3) is 8.49. The van der Waals surface area contributed by atoms with Gasteiger partial charge in [-0.05, 0) is 34.4 Å². The van der Waals surface area contributed by atoms with Gasteiger partial charge in [0.05, 0.1) is 44.2 Å². The number of fused-ring (bicyclic) bond motifs is 1. The van der Waals surface area contributed by atoms with Gasteiger partial charge in [0.25, 0.3) is 11.8 Å². The highest BCUT2D eigenvalue weighted by molar-refractivity contribution is 6.20. The molecule has 260 valence electrons. The van der Waals surface area contributed by atoms with Crippen molar-refractivity contribution in [2.24, 2.45) is 0 Å². The van der Waals surface area contributed by atoms with Gasteiger partial charge in [-0.15, -0.1) is 5.06 Å². The monoisotopic (exact) mass is 685 g/mol. The van der Waals surface area contributed by atoms with Crippen molar-refractivity contribution in [1.82, 2.24) is 5.06 Å². The van der Waals surface area contributed by atoms with Gasteiger partial charge < -0.3 is 23.7 Å². The number of rotatable bonds is 15. The van der Waals surface area contributed by atoms with E-state index < -0.39 is 42.5 Å². The van der Waals surface area contributed by atoms with Crippen molar-refractivity contribution < 1.29 is 38.1 Å². The number of ether oxygens (including phenoxy) is 5. The van der Waals surface area contributed by atoms with E-state index in [9.17, 15) is 9.59 Å². The van der Waals surface area contributed by atoms with Gasteiger partial charge >= 0.3 is 0 Å². The molecule has 0 aromatic heterocycles. The Morgan fingerprint density at radius 2 is 0.863 bits per heavy atom. The van der Waals surface area contributed by atoms with Crippen LogP contribution in [0.25, 0.3) is 0 Å². The molecule has 5 aromatic carbocycles. The second-order valence-electron chi connectivity index (χ2n) is 12.4. The minimum absolute atomic E-state index is 0.104. The van der Waals surface area contributed by atoms with Gasteiger partial charge in [0, 0.05) is 0 Å². The molecular weight excluding hydrogens is 646 g/mol. The zero-order chi connectivity index (χ0) is 34.8. The average Bonchev–Trinajstić information content (AvgIpc) is 3.42. The molecule has 9 nitrogen and oxygen atoms in total. The number of benzene rings is 5. The van der Waals surface area contributed by atoms with E-state index in [1.165, 1.54) is 0 Å². The minimum Gasteiger partial charge on any atom is -0.374 e. The lowest BCUT2D eigenvalue weighted by molar-refractivity contribution is -0.358. The van der Waals surface area contributed by atoms with Crippen molar-refractivity contribution in [3.63, 3.8) is 0 Å². The van der Waals surface area contributed by atoms with Gasteiger partial charge in [-0.25, -0.2) is 4.84 Å². The quantitative estimate of drug-likeness (QED) is 0.110. The predicted octanol–water partition coefficient (Wildman–Crippen LogP) is 6.91.